The molecule has 0 amide bonds. The van der Waals surface area contributed by atoms with Crippen LogP contribution in [0.3, 0.4) is 0 Å². The van der Waals surface area contributed by atoms with E-state index in [0.29, 0.717) is 15.1 Å². The molecule has 92 valence electrons. The summed E-state index contributed by atoms with van der Waals surface area (Å²) in [4.78, 5) is 7.89. The summed E-state index contributed by atoms with van der Waals surface area (Å²) in [5.41, 5.74) is 0.430. The van der Waals surface area contributed by atoms with Gasteiger partial charge >= 0.3 is 0 Å². The fraction of sp³-hybridized carbons (Fsp3) is 0. The first kappa shape index (κ1) is 12.9. The van der Waals surface area contributed by atoms with E-state index in [1.54, 1.807) is 18.2 Å². The quantitative estimate of drug-likeness (QED) is 0.827. The van der Waals surface area contributed by atoms with Crippen molar-refractivity contribution in [3.8, 4) is 11.5 Å². The Bertz CT molecular complexity index is 617. The predicted octanol–water partition coefficient (Wildman–Crippen LogP) is 3.66. The third-order valence-corrected chi connectivity index (χ3v) is 2.97. The number of halogens is 2. The molecular weight excluding hydrogens is 320 g/mol. The molecule has 2 rings (SSSR count). The highest BCUT2D eigenvalue weighted by atomic mass is 79.9. The lowest BCUT2D eigenvalue weighted by Gasteiger charge is -2.02. The topological polar surface area (TPSA) is 65.7 Å². The fourth-order valence-corrected chi connectivity index (χ4v) is 2.14. The molecule has 2 N–H and O–H groups in total. The van der Waals surface area contributed by atoms with Crippen LogP contribution in [-0.4, -0.2) is 21.4 Å². The molecule has 0 aliphatic rings. The van der Waals surface area contributed by atoms with Crippen LogP contribution in [0.25, 0.3) is 0 Å². The van der Waals surface area contributed by atoms with Gasteiger partial charge in [-0.05, 0) is 40.2 Å². The molecule has 4 nitrogen and oxygen atoms in total. The first-order chi connectivity index (χ1) is 8.58. The van der Waals surface area contributed by atoms with Gasteiger partial charge in [0.2, 0.25) is 0 Å². The minimum atomic E-state index is -0.0330. The second-order valence-corrected chi connectivity index (χ2v) is 4.72. The van der Waals surface area contributed by atoms with Crippen LogP contribution in [0.4, 0.5) is 5.82 Å². The summed E-state index contributed by atoms with van der Waals surface area (Å²) >= 11 is 9.04. The second kappa shape index (κ2) is 5.37. The van der Waals surface area contributed by atoms with Crippen LogP contribution in [0.2, 0.25) is 5.02 Å². The summed E-state index contributed by atoms with van der Waals surface area (Å²) in [7, 11) is 0. The van der Waals surface area contributed by atoms with Crippen molar-refractivity contribution < 1.29 is 10.2 Å². The Morgan fingerprint density at radius 1 is 1.33 bits per heavy atom. The molecule has 0 saturated carbocycles. The first-order valence-corrected chi connectivity index (χ1v) is 6.11. The van der Waals surface area contributed by atoms with E-state index in [4.69, 9.17) is 11.6 Å². The summed E-state index contributed by atoms with van der Waals surface area (Å²) < 4.78 is 0.474. The third-order valence-electron chi connectivity index (χ3n) is 2.15. The number of aromatic hydroxyl groups is 2. The van der Waals surface area contributed by atoms with E-state index in [2.05, 4.69) is 25.9 Å². The summed E-state index contributed by atoms with van der Waals surface area (Å²) in [6.07, 6.45) is 2.90. The van der Waals surface area contributed by atoms with E-state index in [1.807, 2.05) is 0 Å². The van der Waals surface area contributed by atoms with Gasteiger partial charge in [-0.3, -0.25) is 0 Å². The average Bonchev–Trinajstić information content (AvgIpc) is 2.33. The number of benzene rings is 1. The Morgan fingerprint density at radius 3 is 2.83 bits per heavy atom. The molecule has 0 atom stereocenters. The van der Waals surface area contributed by atoms with Crippen molar-refractivity contribution in [2.75, 3.05) is 0 Å². The molecule has 0 aliphatic carbocycles. The normalized spacial score (nSPS) is 11.0. The van der Waals surface area contributed by atoms with E-state index < -0.39 is 0 Å². The Morgan fingerprint density at radius 2 is 2.11 bits per heavy atom. The standard InChI is InChI=1S/C12H8BrClN2O2/c13-9-5-8(14)4-7(11(9)18)6-16-12-10(17)2-1-3-15-12/h1-6,17-18H/b16-6+. The molecule has 0 bridgehead atoms. The van der Waals surface area contributed by atoms with Gasteiger partial charge < -0.3 is 10.2 Å². The first-order valence-electron chi connectivity index (χ1n) is 4.94. The SMILES string of the molecule is Oc1cccnc1/N=C/c1cc(Cl)cc(Br)c1O. The number of hydrogen-bond acceptors (Lipinski definition) is 4. The van der Waals surface area contributed by atoms with Crippen molar-refractivity contribution in [2.45, 2.75) is 0 Å². The molecule has 2 aromatic rings. The largest absolute Gasteiger partial charge is 0.506 e. The highest BCUT2D eigenvalue weighted by molar-refractivity contribution is 9.10. The maximum Gasteiger partial charge on any atom is 0.194 e. The smallest absolute Gasteiger partial charge is 0.194 e. The average molecular weight is 328 g/mol. The molecule has 1 aromatic carbocycles. The van der Waals surface area contributed by atoms with E-state index in [1.165, 1.54) is 18.5 Å². The number of aliphatic imine (C=N–C) groups is 1. The van der Waals surface area contributed by atoms with Crippen LogP contribution in [0.1, 0.15) is 5.56 Å². The highest BCUT2D eigenvalue weighted by Crippen LogP contribution is 2.31. The molecule has 0 saturated heterocycles. The number of aromatic nitrogens is 1. The number of hydrogen-bond donors (Lipinski definition) is 2. The number of phenols is 1. The van der Waals surface area contributed by atoms with Gasteiger partial charge in [-0.2, -0.15) is 0 Å². The zero-order chi connectivity index (χ0) is 13.1. The lowest BCUT2D eigenvalue weighted by Crippen LogP contribution is -1.85. The van der Waals surface area contributed by atoms with E-state index >= 15 is 0 Å². The van der Waals surface area contributed by atoms with Crippen LogP contribution < -0.4 is 0 Å². The number of rotatable bonds is 2. The minimum absolute atomic E-state index is 0.0265. The lowest BCUT2D eigenvalue weighted by atomic mass is 10.2. The Balaban J connectivity index is 2.38. The molecule has 0 aliphatic heterocycles. The summed E-state index contributed by atoms with van der Waals surface area (Å²) in [6.45, 7) is 0. The third kappa shape index (κ3) is 2.80. The van der Waals surface area contributed by atoms with Crippen molar-refractivity contribution in [1.82, 2.24) is 4.98 Å². The Labute approximate surface area is 117 Å². The van der Waals surface area contributed by atoms with Crippen LogP contribution in [0.15, 0.2) is 39.9 Å². The molecule has 0 radical (unpaired) electrons. The van der Waals surface area contributed by atoms with Gasteiger partial charge in [0.25, 0.3) is 0 Å². The van der Waals surface area contributed by atoms with Gasteiger partial charge in [0.05, 0.1) is 4.47 Å². The van der Waals surface area contributed by atoms with Gasteiger partial charge in [0.15, 0.2) is 11.6 Å². The Hall–Kier alpha value is -1.59. The van der Waals surface area contributed by atoms with Crippen molar-refractivity contribution in [3.63, 3.8) is 0 Å². The molecule has 1 aromatic heterocycles. The van der Waals surface area contributed by atoms with Crippen molar-refractivity contribution in [3.05, 3.63) is 45.5 Å². The Kier molecular flexibility index (Phi) is 3.84. The molecule has 0 spiro atoms. The molecule has 18 heavy (non-hydrogen) atoms. The van der Waals surface area contributed by atoms with Crippen LogP contribution in [-0.2, 0) is 0 Å². The zero-order valence-electron chi connectivity index (χ0n) is 9.01. The monoisotopic (exact) mass is 326 g/mol. The maximum absolute atomic E-state index is 9.79. The van der Waals surface area contributed by atoms with E-state index in [0.717, 1.165) is 0 Å². The van der Waals surface area contributed by atoms with Crippen LogP contribution >= 0.6 is 27.5 Å². The molecular formula is C12H8BrClN2O2. The number of pyridine rings is 1. The van der Waals surface area contributed by atoms with Crippen LogP contribution in [0, 0.1) is 0 Å². The molecule has 6 heteroatoms. The van der Waals surface area contributed by atoms with E-state index in [9.17, 15) is 10.2 Å². The summed E-state index contributed by atoms with van der Waals surface area (Å²) in [6, 6.07) is 6.22. The number of nitrogens with zero attached hydrogens (tertiary/aromatic N) is 2. The lowest BCUT2D eigenvalue weighted by molar-refractivity contribution is 0.470. The molecule has 0 fully saturated rings. The maximum atomic E-state index is 9.79. The van der Waals surface area contributed by atoms with Gasteiger partial charge in [-0.25, -0.2) is 9.98 Å². The van der Waals surface area contributed by atoms with Crippen molar-refractivity contribution in [2.24, 2.45) is 4.99 Å². The van der Waals surface area contributed by atoms with Gasteiger partial charge in [0, 0.05) is 23.0 Å². The fourth-order valence-electron chi connectivity index (χ4n) is 1.30. The van der Waals surface area contributed by atoms with Crippen molar-refractivity contribution in [1.29, 1.82) is 0 Å². The van der Waals surface area contributed by atoms with Gasteiger partial charge in [0.1, 0.15) is 5.75 Å². The minimum Gasteiger partial charge on any atom is -0.506 e. The zero-order valence-corrected chi connectivity index (χ0v) is 11.4. The van der Waals surface area contributed by atoms with Gasteiger partial charge in [-0.15, -0.1) is 0 Å². The summed E-state index contributed by atoms with van der Waals surface area (Å²) in [5.74, 6) is 0.168. The van der Waals surface area contributed by atoms with Gasteiger partial charge in [-0.1, -0.05) is 11.6 Å². The predicted molar refractivity (Wildman–Crippen MR) is 74.0 cm³/mol. The second-order valence-electron chi connectivity index (χ2n) is 3.43. The number of phenolic OH excluding ortho intramolecular Hbond substituents is 1. The van der Waals surface area contributed by atoms with E-state index in [-0.39, 0.29) is 17.3 Å². The summed E-state index contributed by atoms with van der Waals surface area (Å²) in [5, 5.41) is 19.7. The van der Waals surface area contributed by atoms with Crippen molar-refractivity contribution >= 4 is 39.6 Å². The molecule has 0 unspecified atom stereocenters. The van der Waals surface area contributed by atoms with Crippen LogP contribution in [0.5, 0.6) is 11.5 Å². The molecule has 1 heterocycles. The highest BCUT2D eigenvalue weighted by Gasteiger charge is 2.06.